The molecule has 1 aromatic heterocycles. The van der Waals surface area contributed by atoms with Gasteiger partial charge in [-0.1, -0.05) is 54.6 Å². The molecule has 0 spiro atoms. The van der Waals surface area contributed by atoms with Crippen molar-refractivity contribution in [3.8, 4) is 16.9 Å². The number of carbonyl (C=O) groups is 2. The fraction of sp³-hybridized carbons (Fsp3) is 0.207. The number of thioether (sulfide) groups is 1. The van der Waals surface area contributed by atoms with Crippen molar-refractivity contribution in [2.45, 2.75) is 5.25 Å². The zero-order chi connectivity index (χ0) is 27.4. The van der Waals surface area contributed by atoms with E-state index in [1.165, 1.54) is 35.9 Å². The van der Waals surface area contributed by atoms with Gasteiger partial charge in [0.2, 0.25) is 11.8 Å². The Morgan fingerprint density at radius 1 is 1.08 bits per heavy atom. The van der Waals surface area contributed by atoms with Crippen LogP contribution < -0.4 is 10.2 Å². The lowest BCUT2D eigenvalue weighted by atomic mass is 9.99. The summed E-state index contributed by atoms with van der Waals surface area (Å²) in [7, 11) is 1.53. The molecule has 2 heterocycles. The number of rotatable bonds is 8. The third-order valence-corrected chi connectivity index (χ3v) is 7.55. The summed E-state index contributed by atoms with van der Waals surface area (Å²) in [4.78, 5) is 27.9. The van der Waals surface area contributed by atoms with E-state index in [0.29, 0.717) is 29.4 Å². The zero-order valence-electron chi connectivity index (χ0n) is 21.1. The molecule has 0 bridgehead atoms. The molecule has 0 saturated heterocycles. The van der Waals surface area contributed by atoms with Gasteiger partial charge in [0.05, 0.1) is 29.0 Å². The van der Waals surface area contributed by atoms with Gasteiger partial charge in [-0.05, 0) is 18.2 Å². The van der Waals surface area contributed by atoms with E-state index in [9.17, 15) is 14.0 Å². The number of amides is 2. The second-order valence-electron chi connectivity index (χ2n) is 8.88. The number of anilines is 1. The summed E-state index contributed by atoms with van der Waals surface area (Å²) >= 11 is 1.22. The van der Waals surface area contributed by atoms with Crippen molar-refractivity contribution in [1.82, 2.24) is 15.1 Å². The number of ether oxygens (including phenoxy) is 1. The van der Waals surface area contributed by atoms with Gasteiger partial charge in [0.25, 0.3) is 0 Å². The smallest absolute Gasteiger partial charge is 0.240 e. The SMILES string of the molecule is COCCNC(=O)CN1C(=O)CS[C@H](c2ccc(F)cc2F)c2c(-c3ccccc3)nn(-c3ccccc3)c21. The van der Waals surface area contributed by atoms with Crippen molar-refractivity contribution in [3.05, 3.63) is 102 Å². The van der Waals surface area contributed by atoms with Crippen molar-refractivity contribution in [2.24, 2.45) is 0 Å². The van der Waals surface area contributed by atoms with Crippen LogP contribution in [0.3, 0.4) is 0 Å². The largest absolute Gasteiger partial charge is 0.383 e. The number of para-hydroxylation sites is 1. The molecule has 1 aliphatic rings. The molecule has 39 heavy (non-hydrogen) atoms. The Kier molecular flexibility index (Phi) is 8.04. The molecule has 2 amide bonds. The molecule has 0 saturated carbocycles. The van der Waals surface area contributed by atoms with E-state index in [4.69, 9.17) is 9.84 Å². The highest BCUT2D eigenvalue weighted by atomic mass is 32.2. The summed E-state index contributed by atoms with van der Waals surface area (Å²) in [5.41, 5.74) is 2.76. The fourth-order valence-corrected chi connectivity index (χ4v) is 5.75. The Labute approximate surface area is 228 Å². The lowest BCUT2D eigenvalue weighted by molar-refractivity contribution is -0.123. The van der Waals surface area contributed by atoms with Gasteiger partial charge in [-0.25, -0.2) is 13.5 Å². The van der Waals surface area contributed by atoms with Gasteiger partial charge in [0.15, 0.2) is 0 Å². The van der Waals surface area contributed by atoms with Crippen LogP contribution in [0.1, 0.15) is 16.4 Å². The molecule has 1 N–H and O–H groups in total. The van der Waals surface area contributed by atoms with Gasteiger partial charge >= 0.3 is 0 Å². The molecule has 5 rings (SSSR count). The van der Waals surface area contributed by atoms with Crippen molar-refractivity contribution >= 4 is 29.4 Å². The molecule has 10 heteroatoms. The van der Waals surface area contributed by atoms with Gasteiger partial charge < -0.3 is 10.1 Å². The Bertz CT molecular complexity index is 1480. The number of benzene rings is 3. The Morgan fingerprint density at radius 3 is 2.49 bits per heavy atom. The summed E-state index contributed by atoms with van der Waals surface area (Å²) < 4.78 is 35.8. The molecule has 3 aromatic carbocycles. The molecular formula is C29H26F2N4O3S. The summed E-state index contributed by atoms with van der Waals surface area (Å²) in [5, 5.41) is 6.99. The Morgan fingerprint density at radius 2 is 1.79 bits per heavy atom. The van der Waals surface area contributed by atoms with E-state index in [0.717, 1.165) is 11.6 Å². The third-order valence-electron chi connectivity index (χ3n) is 6.31. The average Bonchev–Trinajstić information content (AvgIpc) is 3.28. The maximum atomic E-state index is 15.2. The molecule has 7 nitrogen and oxygen atoms in total. The number of aromatic nitrogens is 2. The maximum absolute atomic E-state index is 15.2. The number of nitrogens with zero attached hydrogens (tertiary/aromatic N) is 3. The van der Waals surface area contributed by atoms with Gasteiger partial charge in [-0.3, -0.25) is 14.5 Å². The lowest BCUT2D eigenvalue weighted by Gasteiger charge is -2.23. The van der Waals surface area contributed by atoms with E-state index < -0.39 is 16.9 Å². The summed E-state index contributed by atoms with van der Waals surface area (Å²) in [5.74, 6) is -1.77. The predicted molar refractivity (Wildman–Crippen MR) is 147 cm³/mol. The molecule has 0 unspecified atom stereocenters. The average molecular weight is 549 g/mol. The minimum atomic E-state index is -0.719. The van der Waals surface area contributed by atoms with Crippen LogP contribution in [0, 0.1) is 11.6 Å². The first-order valence-electron chi connectivity index (χ1n) is 12.3. The van der Waals surface area contributed by atoms with Crippen molar-refractivity contribution in [2.75, 3.05) is 37.5 Å². The number of halogens is 2. The molecule has 0 radical (unpaired) electrons. The summed E-state index contributed by atoms with van der Waals surface area (Å²) in [6.07, 6.45) is 0. The molecule has 200 valence electrons. The monoisotopic (exact) mass is 548 g/mol. The normalized spacial score (nSPS) is 15.1. The van der Waals surface area contributed by atoms with E-state index >= 15 is 4.39 Å². The van der Waals surface area contributed by atoms with Gasteiger partial charge in [-0.15, -0.1) is 11.8 Å². The first kappa shape index (κ1) is 26.6. The highest BCUT2D eigenvalue weighted by Gasteiger charge is 2.38. The van der Waals surface area contributed by atoms with Crippen LogP contribution in [0.5, 0.6) is 0 Å². The second-order valence-corrected chi connectivity index (χ2v) is 9.97. The maximum Gasteiger partial charge on any atom is 0.240 e. The molecule has 4 aromatic rings. The van der Waals surface area contributed by atoms with Crippen LogP contribution in [-0.2, 0) is 14.3 Å². The second kappa shape index (κ2) is 11.8. The van der Waals surface area contributed by atoms with Crippen LogP contribution >= 0.6 is 11.8 Å². The highest BCUT2D eigenvalue weighted by molar-refractivity contribution is 8.00. The highest BCUT2D eigenvalue weighted by Crippen LogP contribution is 2.49. The molecule has 1 atom stereocenters. The summed E-state index contributed by atoms with van der Waals surface area (Å²) in [6, 6.07) is 22.1. The van der Waals surface area contributed by atoms with Gasteiger partial charge in [-0.2, -0.15) is 5.10 Å². The first-order valence-corrected chi connectivity index (χ1v) is 13.4. The number of hydrogen-bond acceptors (Lipinski definition) is 5. The fourth-order valence-electron chi connectivity index (χ4n) is 4.53. The third kappa shape index (κ3) is 5.57. The number of nitrogens with one attached hydrogen (secondary N) is 1. The Balaban J connectivity index is 1.75. The number of hydrogen-bond donors (Lipinski definition) is 1. The van der Waals surface area contributed by atoms with Crippen LogP contribution in [0.4, 0.5) is 14.6 Å². The van der Waals surface area contributed by atoms with Crippen LogP contribution in [0.25, 0.3) is 16.9 Å². The molecule has 0 fully saturated rings. The predicted octanol–water partition coefficient (Wildman–Crippen LogP) is 4.75. The lowest BCUT2D eigenvalue weighted by Crippen LogP contribution is -2.43. The number of fused-ring (bicyclic) bond motifs is 1. The van der Waals surface area contributed by atoms with E-state index in [-0.39, 0.29) is 36.2 Å². The minimum Gasteiger partial charge on any atom is -0.383 e. The summed E-state index contributed by atoms with van der Waals surface area (Å²) in [6.45, 7) is 0.351. The standard InChI is InChI=1S/C29H26F2N4O3S/c1-38-15-14-32-24(36)17-34-25(37)18-39-28(22-13-12-20(30)16-23(22)31)26-27(19-8-4-2-5-9-19)33-35(29(26)34)21-10-6-3-7-11-21/h2-13,16,28H,14-15,17-18H2,1H3,(H,32,36)/t28-/m1/s1. The van der Waals surface area contributed by atoms with Crippen molar-refractivity contribution in [1.29, 1.82) is 0 Å². The van der Waals surface area contributed by atoms with Crippen LogP contribution in [-0.4, -0.2) is 54.2 Å². The van der Waals surface area contributed by atoms with Crippen molar-refractivity contribution in [3.63, 3.8) is 0 Å². The van der Waals surface area contributed by atoms with Crippen LogP contribution in [0.15, 0.2) is 78.9 Å². The number of methoxy groups -OCH3 is 1. The zero-order valence-corrected chi connectivity index (χ0v) is 22.0. The van der Waals surface area contributed by atoms with Crippen LogP contribution in [0.2, 0.25) is 0 Å². The van der Waals surface area contributed by atoms with Gasteiger partial charge in [0.1, 0.15) is 24.0 Å². The van der Waals surface area contributed by atoms with E-state index in [1.54, 1.807) is 4.68 Å². The first-order chi connectivity index (χ1) is 19.0. The van der Waals surface area contributed by atoms with Crippen molar-refractivity contribution < 1.29 is 23.1 Å². The number of carbonyl (C=O) groups excluding carboxylic acids is 2. The molecule has 1 aliphatic heterocycles. The van der Waals surface area contributed by atoms with Gasteiger partial charge in [0, 0.05) is 36.4 Å². The minimum absolute atomic E-state index is 0.0233. The Hall–Kier alpha value is -4.02. The topological polar surface area (TPSA) is 76.5 Å². The van der Waals surface area contributed by atoms with E-state index in [2.05, 4.69) is 5.32 Å². The molecular weight excluding hydrogens is 522 g/mol. The molecule has 0 aliphatic carbocycles. The quantitative estimate of drug-likeness (QED) is 0.322. The van der Waals surface area contributed by atoms with E-state index in [1.807, 2.05) is 60.7 Å².